The molecule has 0 spiro atoms. The van der Waals surface area contributed by atoms with Crippen molar-refractivity contribution in [1.29, 1.82) is 0 Å². The number of hydrogen-bond donors (Lipinski definition) is 2. The molecule has 1 rings (SSSR count). The van der Waals surface area contributed by atoms with E-state index in [4.69, 9.17) is 5.11 Å². The maximum atomic E-state index is 11.8. The van der Waals surface area contributed by atoms with Gasteiger partial charge < -0.3 is 10.1 Å². The van der Waals surface area contributed by atoms with Crippen LogP contribution in [-0.4, -0.2) is 21.0 Å². The Balaban J connectivity index is 3.52. The summed E-state index contributed by atoms with van der Waals surface area (Å²) < 4.78 is 0. The topological polar surface area (TPSA) is 83.0 Å². The molecule has 0 fully saturated rings. The summed E-state index contributed by atoms with van der Waals surface area (Å²) in [6.45, 7) is 7.24. The van der Waals surface area contributed by atoms with Crippen molar-refractivity contribution in [3.8, 4) is 0 Å². The summed E-state index contributed by atoms with van der Waals surface area (Å²) in [7, 11) is 0. The van der Waals surface area contributed by atoms with Crippen LogP contribution in [0.4, 0.5) is 0 Å². The third-order valence-electron chi connectivity index (χ3n) is 2.30. The molecular weight excluding hydrogens is 208 g/mol. The third-order valence-corrected chi connectivity index (χ3v) is 2.30. The third kappa shape index (κ3) is 2.29. The van der Waals surface area contributed by atoms with Gasteiger partial charge in [-0.1, -0.05) is 27.7 Å². The number of aromatic carboxylic acids is 1. The van der Waals surface area contributed by atoms with Crippen LogP contribution in [0.5, 0.6) is 0 Å². The molecule has 2 N–H and O–H groups in total. The number of carboxylic acids is 1. The molecule has 0 aliphatic carbocycles. The predicted octanol–water partition coefficient (Wildman–Crippen LogP) is 1.71. The van der Waals surface area contributed by atoms with E-state index in [-0.39, 0.29) is 28.7 Å². The highest BCUT2D eigenvalue weighted by molar-refractivity contribution is 5.87. The molecule has 0 aromatic carbocycles. The monoisotopic (exact) mass is 224 g/mol. The van der Waals surface area contributed by atoms with E-state index in [1.54, 1.807) is 13.8 Å². The second-order valence-electron chi connectivity index (χ2n) is 4.33. The lowest BCUT2D eigenvalue weighted by molar-refractivity contribution is 0.0687. The fourth-order valence-electron chi connectivity index (χ4n) is 1.47. The first kappa shape index (κ1) is 12.4. The Morgan fingerprint density at radius 2 is 1.81 bits per heavy atom. The molecule has 0 bridgehead atoms. The molecule has 0 amide bonds. The van der Waals surface area contributed by atoms with Gasteiger partial charge in [0.1, 0.15) is 5.82 Å². The van der Waals surface area contributed by atoms with Crippen molar-refractivity contribution in [2.24, 2.45) is 0 Å². The maximum Gasteiger partial charge on any atom is 0.355 e. The highest BCUT2D eigenvalue weighted by Gasteiger charge is 2.20. The lowest BCUT2D eigenvalue weighted by atomic mass is 10.0. The molecule has 0 radical (unpaired) electrons. The van der Waals surface area contributed by atoms with Crippen molar-refractivity contribution < 1.29 is 9.90 Å². The Kier molecular flexibility index (Phi) is 3.47. The zero-order valence-corrected chi connectivity index (χ0v) is 9.87. The van der Waals surface area contributed by atoms with Gasteiger partial charge in [0, 0.05) is 5.92 Å². The van der Waals surface area contributed by atoms with E-state index in [1.165, 1.54) is 0 Å². The SMILES string of the molecule is CC(C)c1nc(C(=O)O)c(C(C)C)c(=O)[nH]1. The van der Waals surface area contributed by atoms with Gasteiger partial charge in [0.15, 0.2) is 5.69 Å². The molecule has 5 heteroatoms. The highest BCUT2D eigenvalue weighted by Crippen LogP contribution is 2.15. The van der Waals surface area contributed by atoms with E-state index in [0.717, 1.165) is 0 Å². The van der Waals surface area contributed by atoms with E-state index in [1.807, 2.05) is 13.8 Å². The fraction of sp³-hybridized carbons (Fsp3) is 0.545. The van der Waals surface area contributed by atoms with Gasteiger partial charge >= 0.3 is 5.97 Å². The summed E-state index contributed by atoms with van der Waals surface area (Å²) in [6, 6.07) is 0. The second kappa shape index (κ2) is 4.47. The van der Waals surface area contributed by atoms with Crippen molar-refractivity contribution in [3.63, 3.8) is 0 Å². The van der Waals surface area contributed by atoms with Gasteiger partial charge in [-0.25, -0.2) is 9.78 Å². The van der Waals surface area contributed by atoms with Gasteiger partial charge in [0.05, 0.1) is 5.56 Å². The molecule has 1 aromatic heterocycles. The first-order valence-corrected chi connectivity index (χ1v) is 5.22. The molecule has 1 aromatic rings. The van der Waals surface area contributed by atoms with Gasteiger partial charge in [-0.3, -0.25) is 4.79 Å². The van der Waals surface area contributed by atoms with E-state index < -0.39 is 5.97 Å². The summed E-state index contributed by atoms with van der Waals surface area (Å²) in [5, 5.41) is 9.03. The minimum absolute atomic E-state index is 0.00740. The van der Waals surface area contributed by atoms with Gasteiger partial charge in [-0.15, -0.1) is 0 Å². The average molecular weight is 224 g/mol. The Morgan fingerprint density at radius 1 is 1.25 bits per heavy atom. The van der Waals surface area contributed by atoms with Crippen molar-refractivity contribution in [2.45, 2.75) is 39.5 Å². The van der Waals surface area contributed by atoms with Crippen LogP contribution in [0.2, 0.25) is 0 Å². The minimum Gasteiger partial charge on any atom is -0.476 e. The van der Waals surface area contributed by atoms with Gasteiger partial charge in [0.25, 0.3) is 5.56 Å². The van der Waals surface area contributed by atoms with Crippen molar-refractivity contribution in [2.75, 3.05) is 0 Å². The predicted molar refractivity (Wildman–Crippen MR) is 60.0 cm³/mol. The smallest absolute Gasteiger partial charge is 0.355 e. The summed E-state index contributed by atoms with van der Waals surface area (Å²) in [5.41, 5.74) is -0.259. The fourth-order valence-corrected chi connectivity index (χ4v) is 1.47. The first-order valence-electron chi connectivity index (χ1n) is 5.22. The molecule has 0 saturated carbocycles. The molecule has 16 heavy (non-hydrogen) atoms. The van der Waals surface area contributed by atoms with Crippen LogP contribution in [0, 0.1) is 0 Å². The lowest BCUT2D eigenvalue weighted by Crippen LogP contribution is -2.24. The molecule has 1 heterocycles. The first-order chi connectivity index (χ1) is 7.34. The van der Waals surface area contributed by atoms with Crippen LogP contribution >= 0.6 is 0 Å². The van der Waals surface area contributed by atoms with Crippen molar-refractivity contribution in [1.82, 2.24) is 9.97 Å². The molecule has 0 atom stereocenters. The molecule has 0 aliphatic rings. The standard InChI is InChI=1S/C11H16N2O3/c1-5(2)7-8(11(15)16)12-9(6(3)4)13-10(7)14/h5-6H,1-4H3,(H,15,16)(H,12,13,14). The van der Waals surface area contributed by atoms with Gasteiger partial charge in [-0.05, 0) is 5.92 Å². The molecule has 5 nitrogen and oxygen atoms in total. The maximum absolute atomic E-state index is 11.8. The van der Waals surface area contributed by atoms with Gasteiger partial charge in [-0.2, -0.15) is 0 Å². The number of aromatic nitrogens is 2. The average Bonchev–Trinajstić information content (AvgIpc) is 2.15. The number of hydrogen-bond acceptors (Lipinski definition) is 3. The zero-order chi connectivity index (χ0) is 12.5. The van der Waals surface area contributed by atoms with Crippen LogP contribution in [0.3, 0.4) is 0 Å². The molecule has 0 saturated heterocycles. The van der Waals surface area contributed by atoms with Crippen LogP contribution in [0.15, 0.2) is 4.79 Å². The molecule has 88 valence electrons. The Labute approximate surface area is 93.5 Å². The number of H-pyrrole nitrogens is 1. The van der Waals surface area contributed by atoms with Crippen LogP contribution in [0.1, 0.15) is 61.4 Å². The number of aromatic amines is 1. The molecular formula is C11H16N2O3. The Morgan fingerprint density at radius 3 is 2.19 bits per heavy atom. The normalized spacial score (nSPS) is 11.1. The van der Waals surface area contributed by atoms with E-state index >= 15 is 0 Å². The zero-order valence-electron chi connectivity index (χ0n) is 9.87. The van der Waals surface area contributed by atoms with Crippen LogP contribution in [-0.2, 0) is 0 Å². The minimum atomic E-state index is -1.16. The van der Waals surface area contributed by atoms with E-state index in [0.29, 0.717) is 5.82 Å². The lowest BCUT2D eigenvalue weighted by Gasteiger charge is -2.11. The second-order valence-corrected chi connectivity index (χ2v) is 4.33. The molecule has 0 aliphatic heterocycles. The largest absolute Gasteiger partial charge is 0.476 e. The highest BCUT2D eigenvalue weighted by atomic mass is 16.4. The Bertz CT molecular complexity index is 461. The summed E-state index contributed by atoms with van der Waals surface area (Å²) in [4.78, 5) is 29.4. The van der Waals surface area contributed by atoms with Crippen LogP contribution in [0.25, 0.3) is 0 Å². The van der Waals surface area contributed by atoms with Gasteiger partial charge in [0.2, 0.25) is 0 Å². The van der Waals surface area contributed by atoms with E-state index in [9.17, 15) is 9.59 Å². The Hall–Kier alpha value is -1.65. The number of nitrogens with one attached hydrogen (secondary N) is 1. The quantitative estimate of drug-likeness (QED) is 0.818. The number of carboxylic acid groups (broad SMARTS) is 1. The number of rotatable bonds is 3. The van der Waals surface area contributed by atoms with Crippen molar-refractivity contribution in [3.05, 3.63) is 27.4 Å². The van der Waals surface area contributed by atoms with Crippen molar-refractivity contribution >= 4 is 5.97 Å². The summed E-state index contributed by atoms with van der Waals surface area (Å²) in [6.07, 6.45) is 0. The van der Waals surface area contributed by atoms with Crippen LogP contribution < -0.4 is 5.56 Å². The number of nitrogens with zero attached hydrogens (tertiary/aromatic N) is 1. The van der Waals surface area contributed by atoms with E-state index in [2.05, 4.69) is 9.97 Å². The summed E-state index contributed by atoms with van der Waals surface area (Å²) in [5.74, 6) is -0.918. The summed E-state index contributed by atoms with van der Waals surface area (Å²) >= 11 is 0. The number of carbonyl (C=O) groups is 1. The molecule has 0 unspecified atom stereocenters.